The topological polar surface area (TPSA) is 100 Å². The van der Waals surface area contributed by atoms with Gasteiger partial charge < -0.3 is 14.8 Å². The molecule has 3 heterocycles. The minimum absolute atomic E-state index is 0.0794. The SMILES string of the molecule is COc1ccc2c(Oc3ccc(NC(=O)c4c(C)n(C[C@H](C)F)n(-c5ccccc5)c4=O)nc3)ccnc2c1. The highest BCUT2D eigenvalue weighted by Gasteiger charge is 2.25. The van der Waals surface area contributed by atoms with Gasteiger partial charge in [-0.1, -0.05) is 18.2 Å². The lowest BCUT2D eigenvalue weighted by molar-refractivity contribution is 0.102. The Morgan fingerprint density at radius 2 is 1.82 bits per heavy atom. The van der Waals surface area contributed by atoms with Crippen LogP contribution in [0.2, 0.25) is 0 Å². The number of nitrogens with zero attached hydrogens (tertiary/aromatic N) is 4. The van der Waals surface area contributed by atoms with Gasteiger partial charge in [0.2, 0.25) is 0 Å². The number of methoxy groups -OCH3 is 1. The maximum atomic E-state index is 14.0. The molecular weight excluding hydrogens is 501 g/mol. The van der Waals surface area contributed by atoms with Gasteiger partial charge in [0.1, 0.15) is 34.8 Å². The molecule has 0 unspecified atom stereocenters. The fourth-order valence-corrected chi connectivity index (χ4v) is 4.33. The van der Waals surface area contributed by atoms with Crippen molar-refractivity contribution in [2.75, 3.05) is 12.4 Å². The summed E-state index contributed by atoms with van der Waals surface area (Å²) in [6.45, 7) is 2.94. The molecule has 5 rings (SSSR count). The van der Waals surface area contributed by atoms with Crippen LogP contribution in [0.5, 0.6) is 17.2 Å². The Morgan fingerprint density at radius 3 is 2.51 bits per heavy atom. The number of ether oxygens (including phenoxy) is 2. The van der Waals surface area contributed by atoms with Crippen LogP contribution in [0.4, 0.5) is 10.2 Å². The van der Waals surface area contributed by atoms with Gasteiger partial charge in [-0.05, 0) is 56.3 Å². The summed E-state index contributed by atoms with van der Waals surface area (Å²) < 4.78 is 28.1. The van der Waals surface area contributed by atoms with Crippen molar-refractivity contribution < 1.29 is 18.7 Å². The predicted molar refractivity (Wildman–Crippen MR) is 146 cm³/mol. The molecule has 198 valence electrons. The lowest BCUT2D eigenvalue weighted by Crippen LogP contribution is -2.27. The van der Waals surface area contributed by atoms with Crippen molar-refractivity contribution in [1.29, 1.82) is 0 Å². The summed E-state index contributed by atoms with van der Waals surface area (Å²) >= 11 is 0. The summed E-state index contributed by atoms with van der Waals surface area (Å²) in [4.78, 5) is 35.2. The van der Waals surface area contributed by atoms with E-state index in [0.29, 0.717) is 34.1 Å². The van der Waals surface area contributed by atoms with Crippen molar-refractivity contribution in [2.45, 2.75) is 26.6 Å². The fraction of sp³-hybridized carbons (Fsp3) is 0.172. The van der Waals surface area contributed by atoms with Crippen LogP contribution < -0.4 is 20.3 Å². The van der Waals surface area contributed by atoms with E-state index in [1.54, 1.807) is 62.7 Å². The molecule has 5 aromatic rings. The number of alkyl halides is 1. The Labute approximate surface area is 223 Å². The zero-order valence-corrected chi connectivity index (χ0v) is 21.6. The first-order valence-electron chi connectivity index (χ1n) is 12.3. The highest BCUT2D eigenvalue weighted by atomic mass is 19.1. The first-order chi connectivity index (χ1) is 18.9. The van der Waals surface area contributed by atoms with Gasteiger partial charge in [0.25, 0.3) is 11.5 Å². The third-order valence-corrected chi connectivity index (χ3v) is 6.16. The molecule has 0 saturated carbocycles. The van der Waals surface area contributed by atoms with E-state index in [9.17, 15) is 14.0 Å². The first-order valence-corrected chi connectivity index (χ1v) is 12.3. The molecule has 0 saturated heterocycles. The number of nitrogens with one attached hydrogen (secondary N) is 1. The quantitative estimate of drug-likeness (QED) is 0.294. The molecule has 2 aromatic carbocycles. The zero-order chi connectivity index (χ0) is 27.5. The number of carbonyl (C=O) groups excluding carboxylic acids is 1. The van der Waals surface area contributed by atoms with Crippen LogP contribution >= 0.6 is 0 Å². The van der Waals surface area contributed by atoms with Crippen molar-refractivity contribution in [3.05, 3.63) is 101 Å². The van der Waals surface area contributed by atoms with Gasteiger partial charge in [-0.15, -0.1) is 0 Å². The normalized spacial score (nSPS) is 11.8. The second-order valence-electron chi connectivity index (χ2n) is 8.90. The van der Waals surface area contributed by atoms with Crippen molar-refractivity contribution in [3.8, 4) is 22.9 Å². The zero-order valence-electron chi connectivity index (χ0n) is 21.6. The molecule has 9 nitrogen and oxygen atoms in total. The predicted octanol–water partition coefficient (Wildman–Crippen LogP) is 5.30. The number of rotatable bonds is 8. The van der Waals surface area contributed by atoms with Crippen LogP contribution in [0, 0.1) is 6.92 Å². The lowest BCUT2D eigenvalue weighted by Gasteiger charge is -2.14. The minimum Gasteiger partial charge on any atom is -0.497 e. The summed E-state index contributed by atoms with van der Waals surface area (Å²) in [6, 6.07) is 19.3. The monoisotopic (exact) mass is 527 g/mol. The summed E-state index contributed by atoms with van der Waals surface area (Å²) in [5.74, 6) is 1.31. The van der Waals surface area contributed by atoms with Crippen LogP contribution in [-0.2, 0) is 6.54 Å². The van der Waals surface area contributed by atoms with Crippen LogP contribution in [0.25, 0.3) is 16.6 Å². The Bertz CT molecular complexity index is 1700. The van der Waals surface area contributed by atoms with Crippen LogP contribution in [0.15, 0.2) is 83.9 Å². The average molecular weight is 528 g/mol. The van der Waals surface area contributed by atoms with Crippen LogP contribution in [0.3, 0.4) is 0 Å². The number of fused-ring (bicyclic) bond motifs is 1. The Balaban J connectivity index is 1.38. The molecular formula is C29H26FN5O4. The van der Waals surface area contributed by atoms with Gasteiger partial charge in [-0.25, -0.2) is 14.1 Å². The number of para-hydroxylation sites is 1. The van der Waals surface area contributed by atoms with E-state index in [1.165, 1.54) is 22.5 Å². The molecule has 0 aliphatic heterocycles. The molecule has 0 aliphatic rings. The molecule has 39 heavy (non-hydrogen) atoms. The van der Waals surface area contributed by atoms with Crippen LogP contribution in [0.1, 0.15) is 23.0 Å². The second-order valence-corrected chi connectivity index (χ2v) is 8.90. The van der Waals surface area contributed by atoms with E-state index < -0.39 is 17.6 Å². The summed E-state index contributed by atoms with van der Waals surface area (Å²) in [6.07, 6.45) is 1.88. The Morgan fingerprint density at radius 1 is 1.05 bits per heavy atom. The standard InChI is InChI=1S/C29H26FN5O4/c1-18(30)17-34-19(2)27(29(37)35(34)20-7-5-4-6-8-20)28(36)33-26-12-10-22(16-32-26)39-25-13-14-31-24-15-21(38-3)9-11-23(24)25/h4-16,18H,17H2,1-3H3,(H,32,33,36)/t18-/m0/s1. The van der Waals surface area contributed by atoms with Gasteiger partial charge in [-0.3, -0.25) is 19.3 Å². The Hall–Kier alpha value is -4.99. The minimum atomic E-state index is -1.23. The van der Waals surface area contributed by atoms with Gasteiger partial charge in [-0.2, -0.15) is 0 Å². The first kappa shape index (κ1) is 25.7. The number of aromatic nitrogens is 4. The Kier molecular flexibility index (Phi) is 7.09. The van der Waals surface area contributed by atoms with Crippen molar-refractivity contribution in [1.82, 2.24) is 19.3 Å². The van der Waals surface area contributed by atoms with E-state index in [1.807, 2.05) is 24.3 Å². The average Bonchev–Trinajstić information content (AvgIpc) is 3.18. The summed E-state index contributed by atoms with van der Waals surface area (Å²) in [5.41, 5.74) is 0.978. The summed E-state index contributed by atoms with van der Waals surface area (Å²) in [7, 11) is 1.59. The molecule has 1 atom stereocenters. The molecule has 0 bridgehead atoms. The van der Waals surface area contributed by atoms with E-state index >= 15 is 0 Å². The number of carbonyl (C=O) groups is 1. The highest BCUT2D eigenvalue weighted by Crippen LogP contribution is 2.30. The lowest BCUT2D eigenvalue weighted by atomic mass is 10.2. The number of amides is 1. The molecule has 0 fully saturated rings. The molecule has 1 N–H and O–H groups in total. The number of benzene rings is 2. The maximum Gasteiger partial charge on any atom is 0.284 e. The highest BCUT2D eigenvalue weighted by molar-refractivity contribution is 6.04. The number of hydrogen-bond donors (Lipinski definition) is 1. The van der Waals surface area contributed by atoms with Crippen molar-refractivity contribution >= 4 is 22.6 Å². The smallest absolute Gasteiger partial charge is 0.284 e. The van der Waals surface area contributed by atoms with Gasteiger partial charge in [0.05, 0.1) is 36.7 Å². The van der Waals surface area contributed by atoms with Crippen molar-refractivity contribution in [3.63, 3.8) is 0 Å². The van der Waals surface area contributed by atoms with Crippen molar-refractivity contribution in [2.24, 2.45) is 0 Å². The maximum absolute atomic E-state index is 14.0. The second kappa shape index (κ2) is 10.8. The molecule has 0 radical (unpaired) electrons. The third kappa shape index (κ3) is 5.22. The molecule has 0 spiro atoms. The fourth-order valence-electron chi connectivity index (χ4n) is 4.33. The van der Waals surface area contributed by atoms with Gasteiger partial charge in [0, 0.05) is 17.6 Å². The molecule has 10 heteroatoms. The van der Waals surface area contributed by atoms with E-state index in [4.69, 9.17) is 9.47 Å². The number of hydrogen-bond acceptors (Lipinski definition) is 6. The van der Waals surface area contributed by atoms with Gasteiger partial charge >= 0.3 is 0 Å². The largest absolute Gasteiger partial charge is 0.497 e. The van der Waals surface area contributed by atoms with E-state index in [0.717, 1.165) is 5.39 Å². The van der Waals surface area contributed by atoms with E-state index in [2.05, 4.69) is 15.3 Å². The molecule has 3 aromatic heterocycles. The number of pyridine rings is 2. The van der Waals surface area contributed by atoms with Gasteiger partial charge in [0.15, 0.2) is 0 Å². The third-order valence-electron chi connectivity index (χ3n) is 6.16. The number of halogens is 1. The van der Waals surface area contributed by atoms with Crippen LogP contribution in [-0.4, -0.2) is 38.5 Å². The summed E-state index contributed by atoms with van der Waals surface area (Å²) in [5, 5.41) is 3.47. The van der Waals surface area contributed by atoms with E-state index in [-0.39, 0.29) is 17.9 Å². The molecule has 1 amide bonds. The number of anilines is 1. The molecule has 0 aliphatic carbocycles.